The van der Waals surface area contributed by atoms with Gasteiger partial charge in [-0.2, -0.15) is 4.39 Å². The number of aromatic nitrogens is 1. The molecule has 5 rings (SSSR count). The van der Waals surface area contributed by atoms with E-state index in [-0.39, 0.29) is 36.3 Å². The Bertz CT molecular complexity index is 1630. The van der Waals surface area contributed by atoms with Crippen molar-refractivity contribution in [1.29, 1.82) is 0 Å². The van der Waals surface area contributed by atoms with Gasteiger partial charge in [0, 0.05) is 41.9 Å². The van der Waals surface area contributed by atoms with Crippen LogP contribution in [0.2, 0.25) is 0 Å². The monoisotopic (exact) mass is 591 g/mol. The number of halogens is 1. The van der Waals surface area contributed by atoms with Crippen LogP contribution in [0.15, 0.2) is 54.0 Å². The van der Waals surface area contributed by atoms with Gasteiger partial charge in [0.1, 0.15) is 22.8 Å². The molecule has 1 aromatic carbocycles. The molecule has 3 aliphatic rings. The number of hydrogen-bond acceptors (Lipinski definition) is 10. The first-order chi connectivity index (χ1) is 20.2. The third-order valence-electron chi connectivity index (χ3n) is 8.82. The number of Topliss-reactive ketones (excluding diaryl/α,β-unsaturated/α-hetero) is 3. The molecular weight excluding hydrogens is 557 g/mol. The second kappa shape index (κ2) is 10.8. The third-order valence-corrected chi connectivity index (χ3v) is 8.82. The van der Waals surface area contributed by atoms with E-state index in [4.69, 9.17) is 0 Å². The minimum absolute atomic E-state index is 0.00337. The average molecular weight is 592 g/mol. The summed E-state index contributed by atoms with van der Waals surface area (Å²) in [5.74, 6) is -6.93. The predicted octanol–water partition coefficient (Wildman–Crippen LogP) is 2.89. The van der Waals surface area contributed by atoms with E-state index < -0.39 is 63.9 Å². The fourth-order valence-electron chi connectivity index (χ4n) is 6.96. The first-order valence-electron chi connectivity index (χ1n) is 13.9. The first-order valence-corrected chi connectivity index (χ1v) is 13.9. The summed E-state index contributed by atoms with van der Waals surface area (Å²) >= 11 is 0. The van der Waals surface area contributed by atoms with E-state index in [2.05, 4.69) is 11.6 Å². The molecule has 43 heavy (non-hydrogen) atoms. The van der Waals surface area contributed by atoms with Crippen LogP contribution in [-0.2, 0) is 27.3 Å². The van der Waals surface area contributed by atoms with Gasteiger partial charge in [0.25, 0.3) is 0 Å². The SMILES string of the molecule is C=CCN(C)Cc1cc(-c2ccc(F)nc2)c2c(c1O)C(O)=C1C(=O)[C@]3(O)C(O)=C(C(C)=O)C(=O)[C@@H](N(C)C)[C@@H]3C[C@@H]1C2. The summed E-state index contributed by atoms with van der Waals surface area (Å²) in [5.41, 5.74) is -1.55. The number of nitrogens with zero attached hydrogens (tertiary/aromatic N) is 3. The summed E-state index contributed by atoms with van der Waals surface area (Å²) in [7, 11) is 4.96. The Kier molecular flexibility index (Phi) is 7.62. The van der Waals surface area contributed by atoms with Crippen LogP contribution in [0.25, 0.3) is 16.9 Å². The van der Waals surface area contributed by atoms with Crippen LogP contribution >= 0.6 is 0 Å². The van der Waals surface area contributed by atoms with Gasteiger partial charge >= 0.3 is 0 Å². The Labute approximate surface area is 248 Å². The molecule has 2 aromatic rings. The topological polar surface area (TPSA) is 152 Å². The molecule has 1 aromatic heterocycles. The quantitative estimate of drug-likeness (QED) is 0.215. The molecule has 3 aliphatic carbocycles. The van der Waals surface area contributed by atoms with Crippen molar-refractivity contribution in [2.24, 2.45) is 11.8 Å². The number of ketones is 3. The Morgan fingerprint density at radius 2 is 1.91 bits per heavy atom. The van der Waals surface area contributed by atoms with Crippen LogP contribution < -0.4 is 0 Å². The number of fused-ring (bicyclic) bond motifs is 3. The van der Waals surface area contributed by atoms with Crippen molar-refractivity contribution in [1.82, 2.24) is 14.8 Å². The Balaban J connectivity index is 1.76. The summed E-state index contributed by atoms with van der Waals surface area (Å²) < 4.78 is 13.8. The fourth-order valence-corrected chi connectivity index (χ4v) is 6.96. The van der Waals surface area contributed by atoms with Crippen LogP contribution in [0.4, 0.5) is 4.39 Å². The number of phenolic OH excluding ortho intramolecular Hbond substituents is 1. The molecular formula is C32H34FN3O7. The number of hydrogen-bond donors (Lipinski definition) is 4. The molecule has 0 amide bonds. The second-order valence-corrected chi connectivity index (χ2v) is 11.8. The lowest BCUT2D eigenvalue weighted by Crippen LogP contribution is -2.65. The van der Waals surface area contributed by atoms with Crippen molar-refractivity contribution >= 4 is 23.1 Å². The number of benzene rings is 1. The maximum atomic E-state index is 14.2. The van der Waals surface area contributed by atoms with Gasteiger partial charge in [0.05, 0.1) is 11.6 Å². The normalized spacial score (nSPS) is 25.2. The third kappa shape index (κ3) is 4.59. The lowest BCUT2D eigenvalue weighted by atomic mass is 9.57. The highest BCUT2D eigenvalue weighted by Gasteiger charge is 2.64. The predicted molar refractivity (Wildman–Crippen MR) is 155 cm³/mol. The second-order valence-electron chi connectivity index (χ2n) is 11.8. The fraction of sp³-hybridized carbons (Fsp3) is 0.375. The number of carbonyl (C=O) groups excluding carboxylic acids is 3. The van der Waals surface area contributed by atoms with Crippen molar-refractivity contribution in [2.75, 3.05) is 27.7 Å². The summed E-state index contributed by atoms with van der Waals surface area (Å²) in [5, 5.41) is 46.2. The number of rotatable bonds is 7. The average Bonchev–Trinajstić information content (AvgIpc) is 2.92. The number of aliphatic hydroxyl groups is 3. The lowest BCUT2D eigenvalue weighted by molar-refractivity contribution is -0.153. The van der Waals surface area contributed by atoms with Crippen LogP contribution in [0.1, 0.15) is 30.0 Å². The van der Waals surface area contributed by atoms with Crippen LogP contribution in [-0.4, -0.2) is 91.9 Å². The molecule has 4 N–H and O–H groups in total. The lowest BCUT2D eigenvalue weighted by Gasteiger charge is -2.50. The van der Waals surface area contributed by atoms with Gasteiger partial charge in [0.15, 0.2) is 17.2 Å². The van der Waals surface area contributed by atoms with Gasteiger partial charge in [-0.05, 0) is 76.2 Å². The Morgan fingerprint density at radius 3 is 2.49 bits per heavy atom. The summed E-state index contributed by atoms with van der Waals surface area (Å²) in [4.78, 5) is 47.1. The molecule has 1 fully saturated rings. The Hall–Kier alpha value is -4.19. The van der Waals surface area contributed by atoms with Gasteiger partial charge in [0.2, 0.25) is 11.7 Å². The molecule has 0 bridgehead atoms. The summed E-state index contributed by atoms with van der Waals surface area (Å²) in [6.45, 7) is 5.52. The van der Waals surface area contributed by atoms with E-state index in [0.717, 1.165) is 6.92 Å². The van der Waals surface area contributed by atoms with Gasteiger partial charge in [-0.15, -0.1) is 6.58 Å². The Morgan fingerprint density at radius 1 is 1.21 bits per heavy atom. The van der Waals surface area contributed by atoms with Crippen molar-refractivity contribution in [3.05, 3.63) is 76.6 Å². The first kappa shape index (κ1) is 30.3. The number of aliphatic hydroxyl groups excluding tert-OH is 2. The van der Waals surface area contributed by atoms with Crippen molar-refractivity contribution in [3.8, 4) is 16.9 Å². The van der Waals surface area contributed by atoms with E-state index in [0.29, 0.717) is 28.8 Å². The number of likely N-dealkylation sites (N-methyl/N-ethyl adjacent to an activating group) is 2. The molecule has 0 spiro atoms. The molecule has 11 heteroatoms. The van der Waals surface area contributed by atoms with Crippen molar-refractivity contribution in [3.63, 3.8) is 0 Å². The van der Waals surface area contributed by atoms with Gasteiger partial charge in [-0.1, -0.05) is 6.08 Å². The molecule has 0 saturated heterocycles. The standard InChI is InChI=1S/C32H34FN3O7/c1-6-9-36(5)14-18-11-19(16-7-8-22(33)34-13-16)20-10-17-12-21-26(35(3)4)29(40)23(15(2)37)30(41)32(21,43)31(42)24(17)28(39)25(20)27(18)38/h6-8,11,13,17,21,26,38-39,41,43H,1,9-10,12,14H2,2-5H3/t17-,21-,26-,32+/m0/s1. The van der Waals surface area contributed by atoms with E-state index >= 15 is 0 Å². The molecule has 0 unspecified atom stereocenters. The van der Waals surface area contributed by atoms with Crippen LogP contribution in [0, 0.1) is 17.8 Å². The molecule has 226 valence electrons. The summed E-state index contributed by atoms with van der Waals surface area (Å²) in [6.07, 6.45) is 3.15. The zero-order chi connectivity index (χ0) is 31.5. The van der Waals surface area contributed by atoms with E-state index in [9.17, 15) is 39.2 Å². The highest BCUT2D eigenvalue weighted by Crippen LogP contribution is 2.54. The van der Waals surface area contributed by atoms with E-state index in [1.807, 2.05) is 11.9 Å². The van der Waals surface area contributed by atoms with Crippen LogP contribution in [0.5, 0.6) is 5.75 Å². The zero-order valence-corrected chi connectivity index (χ0v) is 24.4. The van der Waals surface area contributed by atoms with E-state index in [1.54, 1.807) is 26.2 Å². The number of phenols is 1. The highest BCUT2D eigenvalue weighted by molar-refractivity contribution is 6.25. The zero-order valence-electron chi connectivity index (χ0n) is 24.4. The number of pyridine rings is 1. The maximum Gasteiger partial charge on any atom is 0.212 e. The van der Waals surface area contributed by atoms with Gasteiger partial charge in [-0.25, -0.2) is 4.98 Å². The highest BCUT2D eigenvalue weighted by atomic mass is 19.1. The largest absolute Gasteiger partial charge is 0.508 e. The molecule has 1 saturated carbocycles. The maximum absolute atomic E-state index is 14.2. The van der Waals surface area contributed by atoms with Crippen LogP contribution in [0.3, 0.4) is 0 Å². The molecule has 1 heterocycles. The number of carbonyl (C=O) groups is 3. The molecule has 10 nitrogen and oxygen atoms in total. The van der Waals surface area contributed by atoms with Gasteiger partial charge in [-0.3, -0.25) is 24.2 Å². The van der Waals surface area contributed by atoms with E-state index in [1.165, 1.54) is 23.2 Å². The molecule has 0 radical (unpaired) electrons. The minimum atomic E-state index is -2.65. The van der Waals surface area contributed by atoms with Crippen molar-refractivity contribution in [2.45, 2.75) is 38.0 Å². The summed E-state index contributed by atoms with van der Waals surface area (Å²) in [6, 6.07) is 3.36. The molecule has 0 aliphatic heterocycles. The van der Waals surface area contributed by atoms with Gasteiger partial charge < -0.3 is 20.4 Å². The number of aromatic hydroxyl groups is 1. The smallest absolute Gasteiger partial charge is 0.212 e. The van der Waals surface area contributed by atoms with Crippen molar-refractivity contribution < 1.29 is 39.2 Å². The molecule has 4 atom stereocenters. The minimum Gasteiger partial charge on any atom is -0.508 e.